The molecule has 3 N–H and O–H groups in total. The molecule has 0 fully saturated rings. The first kappa shape index (κ1) is 27.5. The molecular weight excluding hydrogens is 543 g/mol. The zero-order chi connectivity index (χ0) is 22.9. The van der Waals surface area contributed by atoms with E-state index in [0.717, 1.165) is 5.56 Å². The van der Waals surface area contributed by atoms with Crippen LogP contribution in [0.2, 0.25) is 0 Å². The van der Waals surface area contributed by atoms with Gasteiger partial charge in [0.25, 0.3) is 5.91 Å². The number of nitrogens with zero attached hydrogens (tertiary/aromatic N) is 1. The van der Waals surface area contributed by atoms with Crippen molar-refractivity contribution < 1.29 is 27.1 Å². The van der Waals surface area contributed by atoms with E-state index in [1.54, 1.807) is 25.1 Å². The second kappa shape index (κ2) is 13.1. The quantitative estimate of drug-likeness (QED) is 0.149. The van der Waals surface area contributed by atoms with Crippen molar-refractivity contribution in [2.24, 2.45) is 4.99 Å². The standard InChI is InChI=1S/C21H24F4N4O2.HI/c1-14-7-8-15(18(11-14)31-13-21(23,24)25)12-29-20(26-2)28-10-9-27-19(30)16-5-3-4-6-17(16)22;/h3-8,11H,9-10,12-13H2,1-2H3,(H,27,30)(H2,26,28,29);1H. The molecule has 0 unspecified atom stereocenters. The van der Waals surface area contributed by atoms with E-state index < -0.39 is 24.5 Å². The molecule has 11 heteroatoms. The molecule has 2 aromatic rings. The molecule has 0 aliphatic rings. The van der Waals surface area contributed by atoms with Crippen LogP contribution >= 0.6 is 24.0 Å². The van der Waals surface area contributed by atoms with Gasteiger partial charge in [-0.25, -0.2) is 4.39 Å². The van der Waals surface area contributed by atoms with E-state index in [-0.39, 0.29) is 48.4 Å². The third-order valence-electron chi connectivity index (χ3n) is 4.11. The fourth-order valence-electron chi connectivity index (χ4n) is 2.60. The van der Waals surface area contributed by atoms with Gasteiger partial charge in [0.2, 0.25) is 0 Å². The largest absolute Gasteiger partial charge is 0.484 e. The predicted molar refractivity (Wildman–Crippen MR) is 125 cm³/mol. The number of guanidine groups is 1. The van der Waals surface area contributed by atoms with Crippen molar-refractivity contribution in [3.63, 3.8) is 0 Å². The van der Waals surface area contributed by atoms with E-state index in [1.807, 2.05) is 0 Å². The third-order valence-corrected chi connectivity index (χ3v) is 4.11. The van der Waals surface area contributed by atoms with Gasteiger partial charge in [-0.05, 0) is 30.7 Å². The van der Waals surface area contributed by atoms with Gasteiger partial charge in [0, 0.05) is 32.2 Å². The number of carbonyl (C=O) groups is 1. The number of halogens is 5. The van der Waals surface area contributed by atoms with Crippen molar-refractivity contribution in [1.29, 1.82) is 0 Å². The second-order valence-electron chi connectivity index (χ2n) is 6.60. The molecule has 176 valence electrons. The number of hydrogen-bond donors (Lipinski definition) is 3. The number of alkyl halides is 3. The van der Waals surface area contributed by atoms with Crippen LogP contribution in [-0.4, -0.2) is 44.8 Å². The number of ether oxygens (including phenoxy) is 1. The van der Waals surface area contributed by atoms with E-state index >= 15 is 0 Å². The van der Waals surface area contributed by atoms with Crippen LogP contribution in [0.1, 0.15) is 21.5 Å². The summed E-state index contributed by atoms with van der Waals surface area (Å²) in [5.41, 5.74) is 1.26. The minimum absolute atomic E-state index is 0. The average molecular weight is 568 g/mol. The van der Waals surface area contributed by atoms with Gasteiger partial charge in [0.1, 0.15) is 11.6 Å². The van der Waals surface area contributed by atoms with Gasteiger partial charge < -0.3 is 20.7 Å². The van der Waals surface area contributed by atoms with E-state index in [0.29, 0.717) is 18.1 Å². The van der Waals surface area contributed by atoms with Gasteiger partial charge >= 0.3 is 6.18 Å². The highest BCUT2D eigenvalue weighted by Gasteiger charge is 2.28. The molecule has 32 heavy (non-hydrogen) atoms. The Bertz CT molecular complexity index is 923. The molecule has 0 radical (unpaired) electrons. The van der Waals surface area contributed by atoms with Crippen LogP contribution in [0.3, 0.4) is 0 Å². The third kappa shape index (κ3) is 9.28. The van der Waals surface area contributed by atoms with E-state index in [2.05, 4.69) is 20.9 Å². The van der Waals surface area contributed by atoms with Crippen LogP contribution in [0.25, 0.3) is 0 Å². The van der Waals surface area contributed by atoms with Gasteiger partial charge in [0.05, 0.1) is 5.56 Å². The highest BCUT2D eigenvalue weighted by Crippen LogP contribution is 2.23. The van der Waals surface area contributed by atoms with Crippen molar-refractivity contribution in [3.05, 3.63) is 65.0 Å². The van der Waals surface area contributed by atoms with Crippen molar-refractivity contribution in [2.75, 3.05) is 26.7 Å². The number of aliphatic imine (C=N–C) groups is 1. The van der Waals surface area contributed by atoms with Gasteiger partial charge in [0.15, 0.2) is 12.6 Å². The topological polar surface area (TPSA) is 74.8 Å². The summed E-state index contributed by atoms with van der Waals surface area (Å²) in [4.78, 5) is 16.0. The molecule has 0 aliphatic carbocycles. The summed E-state index contributed by atoms with van der Waals surface area (Å²) in [5.74, 6) is -0.624. The van der Waals surface area contributed by atoms with E-state index in [4.69, 9.17) is 4.74 Å². The maximum atomic E-state index is 13.6. The first-order valence-corrected chi connectivity index (χ1v) is 9.46. The fraction of sp³-hybridized carbons (Fsp3) is 0.333. The Hall–Kier alpha value is -2.57. The van der Waals surface area contributed by atoms with Crippen molar-refractivity contribution in [3.8, 4) is 5.75 Å². The van der Waals surface area contributed by atoms with Gasteiger partial charge in [-0.1, -0.05) is 24.3 Å². The molecule has 0 atom stereocenters. The smallest absolute Gasteiger partial charge is 0.422 e. The van der Waals surface area contributed by atoms with Crippen LogP contribution in [0.15, 0.2) is 47.5 Å². The van der Waals surface area contributed by atoms with Crippen LogP contribution in [0.5, 0.6) is 5.75 Å². The lowest BCUT2D eigenvalue weighted by atomic mass is 10.1. The zero-order valence-corrected chi connectivity index (χ0v) is 19.9. The summed E-state index contributed by atoms with van der Waals surface area (Å²) in [6.45, 7) is 1.06. The van der Waals surface area contributed by atoms with Crippen LogP contribution in [0.4, 0.5) is 17.6 Å². The van der Waals surface area contributed by atoms with Gasteiger partial charge in [-0.3, -0.25) is 9.79 Å². The fourth-order valence-corrected chi connectivity index (χ4v) is 2.60. The molecule has 1 amide bonds. The summed E-state index contributed by atoms with van der Waals surface area (Å²) in [5, 5.41) is 8.52. The number of hydrogen-bond acceptors (Lipinski definition) is 3. The lowest BCUT2D eigenvalue weighted by molar-refractivity contribution is -0.153. The summed E-state index contributed by atoms with van der Waals surface area (Å²) >= 11 is 0. The highest BCUT2D eigenvalue weighted by molar-refractivity contribution is 14.0. The molecular formula is C21H25F4IN4O2. The number of nitrogens with one attached hydrogen (secondary N) is 3. The Labute approximate surface area is 200 Å². The minimum Gasteiger partial charge on any atom is -0.484 e. The van der Waals surface area contributed by atoms with E-state index in [1.165, 1.54) is 31.3 Å². The Morgan fingerprint density at radius 1 is 1.06 bits per heavy atom. The van der Waals surface area contributed by atoms with Crippen molar-refractivity contribution >= 4 is 35.8 Å². The number of rotatable bonds is 8. The average Bonchev–Trinajstić information content (AvgIpc) is 2.72. The molecule has 0 spiro atoms. The number of benzene rings is 2. The monoisotopic (exact) mass is 568 g/mol. The van der Waals surface area contributed by atoms with Gasteiger partial charge in [-0.15, -0.1) is 24.0 Å². The first-order valence-electron chi connectivity index (χ1n) is 9.46. The molecule has 6 nitrogen and oxygen atoms in total. The van der Waals surface area contributed by atoms with E-state index in [9.17, 15) is 22.4 Å². The summed E-state index contributed by atoms with van der Waals surface area (Å²) < 4.78 is 56.0. The van der Waals surface area contributed by atoms with Gasteiger partial charge in [-0.2, -0.15) is 13.2 Å². The highest BCUT2D eigenvalue weighted by atomic mass is 127. The van der Waals surface area contributed by atoms with Crippen LogP contribution in [-0.2, 0) is 6.54 Å². The van der Waals surface area contributed by atoms with Crippen LogP contribution in [0, 0.1) is 12.7 Å². The summed E-state index contributed by atoms with van der Waals surface area (Å²) in [6.07, 6.45) is -4.43. The number of carbonyl (C=O) groups excluding carboxylic acids is 1. The molecule has 0 bridgehead atoms. The molecule has 0 aliphatic heterocycles. The molecule has 0 heterocycles. The Balaban J connectivity index is 0.00000512. The molecule has 0 saturated heterocycles. The SMILES string of the molecule is CN=C(NCCNC(=O)c1ccccc1F)NCc1ccc(C)cc1OCC(F)(F)F.I. The molecule has 0 saturated carbocycles. The minimum atomic E-state index is -4.43. The van der Waals surface area contributed by atoms with Crippen LogP contribution < -0.4 is 20.7 Å². The molecule has 2 rings (SSSR count). The molecule has 2 aromatic carbocycles. The Morgan fingerprint density at radius 3 is 2.41 bits per heavy atom. The van der Waals surface area contributed by atoms with Crippen molar-refractivity contribution in [2.45, 2.75) is 19.6 Å². The Kier molecular flexibility index (Phi) is 11.2. The summed E-state index contributed by atoms with van der Waals surface area (Å²) in [7, 11) is 1.53. The predicted octanol–water partition coefficient (Wildman–Crippen LogP) is 3.79. The maximum Gasteiger partial charge on any atom is 0.422 e. The molecule has 0 aromatic heterocycles. The lowest BCUT2D eigenvalue weighted by Crippen LogP contribution is -2.41. The normalized spacial score (nSPS) is 11.4. The maximum absolute atomic E-state index is 13.6. The Morgan fingerprint density at radius 2 is 1.75 bits per heavy atom. The second-order valence-corrected chi connectivity index (χ2v) is 6.60. The first-order chi connectivity index (χ1) is 14.7. The lowest BCUT2D eigenvalue weighted by Gasteiger charge is -2.16. The zero-order valence-electron chi connectivity index (χ0n) is 17.6. The van der Waals surface area contributed by atoms with Crippen molar-refractivity contribution in [1.82, 2.24) is 16.0 Å². The summed E-state index contributed by atoms with van der Waals surface area (Å²) in [6, 6.07) is 10.6. The number of aryl methyl sites for hydroxylation is 1. The number of amides is 1.